The molecule has 0 aromatic heterocycles. The highest BCUT2D eigenvalue weighted by atomic mass is 32.2. The van der Waals surface area contributed by atoms with Crippen LogP contribution in [0.15, 0.2) is 77.7 Å². The van der Waals surface area contributed by atoms with Gasteiger partial charge in [0.25, 0.3) is 20.2 Å². The molecule has 0 radical (unpaired) electrons. The Morgan fingerprint density at radius 3 is 2.00 bits per heavy atom. The van der Waals surface area contributed by atoms with Crippen molar-refractivity contribution in [3.63, 3.8) is 0 Å². The zero-order valence-corrected chi connectivity index (χ0v) is 18.9. The molecule has 158 valence electrons. The maximum absolute atomic E-state index is 12.2. The van der Waals surface area contributed by atoms with Crippen molar-refractivity contribution in [2.45, 2.75) is 17.6 Å². The van der Waals surface area contributed by atoms with Gasteiger partial charge in [0.2, 0.25) is 0 Å². The highest BCUT2D eigenvalue weighted by Gasteiger charge is 2.21. The third-order valence-corrected chi connectivity index (χ3v) is 8.71. The molecule has 3 aromatic rings. The molecule has 0 fully saturated rings. The fourth-order valence-corrected chi connectivity index (χ4v) is 6.98. The minimum atomic E-state index is -4.17. The van der Waals surface area contributed by atoms with Gasteiger partial charge in [0.15, 0.2) is 0 Å². The predicted molar refractivity (Wildman–Crippen MR) is 119 cm³/mol. The second kappa shape index (κ2) is 8.96. The van der Waals surface area contributed by atoms with E-state index in [2.05, 4.69) is 4.18 Å². The Labute approximate surface area is 178 Å². The van der Waals surface area contributed by atoms with Crippen molar-refractivity contribution in [3.8, 4) is 0 Å². The second-order valence-electron chi connectivity index (χ2n) is 6.69. The summed E-state index contributed by atoms with van der Waals surface area (Å²) in [5, 5.41) is 2.60. The van der Waals surface area contributed by atoms with Crippen LogP contribution in [0, 0.1) is 6.92 Å². The van der Waals surface area contributed by atoms with E-state index < -0.39 is 33.9 Å². The van der Waals surface area contributed by atoms with Crippen molar-refractivity contribution >= 4 is 44.1 Å². The van der Waals surface area contributed by atoms with Gasteiger partial charge < -0.3 is 0 Å². The summed E-state index contributed by atoms with van der Waals surface area (Å²) in [5.74, 6) is -0.490. The first-order valence-electron chi connectivity index (χ1n) is 8.91. The number of hydrogen-bond acceptors (Lipinski definition) is 5. The molecule has 0 saturated heterocycles. The lowest BCUT2D eigenvalue weighted by Crippen LogP contribution is -2.22. The largest absolute Gasteiger partial charge is 0.296 e. The average Bonchev–Trinajstić information content (AvgIpc) is 2.67. The van der Waals surface area contributed by atoms with Crippen LogP contribution in [-0.4, -0.2) is 28.5 Å². The van der Waals surface area contributed by atoms with Gasteiger partial charge in [0.05, 0.1) is 12.0 Å². The van der Waals surface area contributed by atoms with Crippen LogP contribution >= 0.6 is 7.92 Å². The van der Waals surface area contributed by atoms with E-state index in [1.807, 2.05) is 43.3 Å². The van der Waals surface area contributed by atoms with Gasteiger partial charge in [-0.3, -0.25) is 8.74 Å². The Morgan fingerprint density at radius 1 is 0.833 bits per heavy atom. The molecule has 0 spiro atoms. The highest BCUT2D eigenvalue weighted by molar-refractivity contribution is 7.87. The van der Waals surface area contributed by atoms with Crippen molar-refractivity contribution in [2.24, 2.45) is 0 Å². The number of aryl methyl sites for hydroxylation is 1. The number of benzene rings is 3. The molecular formula is C21H21O6PS2. The third-order valence-electron chi connectivity index (χ3n) is 4.36. The van der Waals surface area contributed by atoms with E-state index in [4.69, 9.17) is 0 Å². The smallest absolute Gasteiger partial charge is 0.285 e. The first kappa shape index (κ1) is 22.6. The lowest BCUT2D eigenvalue weighted by atomic mass is 10.2. The molecule has 1 unspecified atom stereocenters. The van der Waals surface area contributed by atoms with Crippen molar-refractivity contribution in [1.29, 1.82) is 0 Å². The summed E-state index contributed by atoms with van der Waals surface area (Å²) in [5.41, 5.74) is 1.51. The topological polar surface area (TPSA) is 97.7 Å². The number of hydrogen-bond donors (Lipinski definition) is 1. The molecule has 3 aromatic carbocycles. The van der Waals surface area contributed by atoms with E-state index in [9.17, 15) is 21.4 Å². The molecule has 6 nitrogen and oxygen atoms in total. The van der Waals surface area contributed by atoms with Gasteiger partial charge in [-0.05, 0) is 54.5 Å². The minimum Gasteiger partial charge on any atom is -0.285 e. The van der Waals surface area contributed by atoms with Gasteiger partial charge in [-0.15, -0.1) is 0 Å². The molecule has 3 rings (SSSR count). The third kappa shape index (κ3) is 5.53. The van der Waals surface area contributed by atoms with E-state index >= 15 is 0 Å². The first-order valence-corrected chi connectivity index (χ1v) is 13.3. The normalized spacial score (nSPS) is 13.2. The molecule has 0 aliphatic heterocycles. The van der Waals surface area contributed by atoms with Crippen LogP contribution in [0.1, 0.15) is 11.1 Å². The molecular weight excluding hydrogens is 443 g/mol. The quantitative estimate of drug-likeness (QED) is 0.328. The van der Waals surface area contributed by atoms with Crippen LogP contribution in [0.3, 0.4) is 0 Å². The van der Waals surface area contributed by atoms with E-state index in [1.54, 1.807) is 30.3 Å². The Kier molecular flexibility index (Phi) is 6.75. The van der Waals surface area contributed by atoms with Crippen LogP contribution in [0.2, 0.25) is 0 Å². The van der Waals surface area contributed by atoms with Crippen molar-refractivity contribution in [3.05, 3.63) is 83.9 Å². The van der Waals surface area contributed by atoms with E-state index in [1.165, 1.54) is 6.07 Å². The van der Waals surface area contributed by atoms with Crippen LogP contribution < -0.4 is 15.9 Å². The van der Waals surface area contributed by atoms with Crippen molar-refractivity contribution in [2.75, 3.05) is 7.11 Å². The average molecular weight is 465 g/mol. The van der Waals surface area contributed by atoms with Crippen LogP contribution in [0.5, 0.6) is 0 Å². The van der Waals surface area contributed by atoms with E-state index in [0.717, 1.165) is 28.6 Å². The molecule has 0 bridgehead atoms. The molecule has 0 amide bonds. The SMILES string of the molecule is COS(=O)(=O)c1cccc(P(c2cccc(C)c2)c2cccc(CS(=O)(=O)O)c2)c1. The number of rotatable bonds is 7. The Hall–Kier alpha value is -2.09. The second-order valence-corrected chi connectivity index (χ2v) is 12.1. The van der Waals surface area contributed by atoms with Gasteiger partial charge in [-0.25, -0.2) is 0 Å². The minimum absolute atomic E-state index is 0.0525. The van der Waals surface area contributed by atoms with E-state index in [-0.39, 0.29) is 4.90 Å². The summed E-state index contributed by atoms with van der Waals surface area (Å²) in [6, 6.07) is 21.4. The monoisotopic (exact) mass is 464 g/mol. The molecule has 0 aliphatic rings. The van der Waals surface area contributed by atoms with Crippen LogP contribution in [0.25, 0.3) is 0 Å². The van der Waals surface area contributed by atoms with Gasteiger partial charge in [-0.1, -0.05) is 60.2 Å². The first-order chi connectivity index (χ1) is 14.1. The molecule has 1 N–H and O–H groups in total. The zero-order valence-electron chi connectivity index (χ0n) is 16.4. The lowest BCUT2D eigenvalue weighted by Gasteiger charge is -2.21. The standard InChI is InChI=1S/C21H21O6PS2/c1-16-6-3-8-18(12-16)28(19-9-4-7-17(13-19)15-29(22,23)24)20-10-5-11-21(14-20)30(25,26)27-2/h3-14H,15H2,1-2H3,(H,22,23,24). The summed E-state index contributed by atoms with van der Waals surface area (Å²) >= 11 is 0. The maximum atomic E-state index is 12.2. The van der Waals surface area contributed by atoms with Crippen LogP contribution in [-0.2, 0) is 30.2 Å². The van der Waals surface area contributed by atoms with Crippen molar-refractivity contribution < 1.29 is 25.6 Å². The summed E-state index contributed by atoms with van der Waals surface area (Å²) in [7, 11) is -8.10. The molecule has 9 heteroatoms. The summed E-state index contributed by atoms with van der Waals surface area (Å²) in [6.45, 7) is 1.97. The molecule has 0 heterocycles. The van der Waals surface area contributed by atoms with Gasteiger partial charge in [0.1, 0.15) is 5.75 Å². The zero-order chi connectivity index (χ0) is 21.9. The van der Waals surface area contributed by atoms with E-state index in [0.29, 0.717) is 5.56 Å². The summed E-state index contributed by atoms with van der Waals surface area (Å²) < 4.78 is 60.9. The Bertz CT molecular complexity index is 1270. The maximum Gasteiger partial charge on any atom is 0.296 e. The van der Waals surface area contributed by atoms with Crippen molar-refractivity contribution in [1.82, 2.24) is 0 Å². The molecule has 30 heavy (non-hydrogen) atoms. The van der Waals surface area contributed by atoms with Gasteiger partial charge in [0, 0.05) is 0 Å². The van der Waals surface area contributed by atoms with Gasteiger partial charge in [-0.2, -0.15) is 16.8 Å². The lowest BCUT2D eigenvalue weighted by molar-refractivity contribution is 0.398. The highest BCUT2D eigenvalue weighted by Crippen LogP contribution is 2.34. The predicted octanol–water partition coefficient (Wildman–Crippen LogP) is 2.48. The molecule has 0 aliphatic carbocycles. The molecule has 0 saturated carbocycles. The fraction of sp³-hybridized carbons (Fsp3) is 0.143. The van der Waals surface area contributed by atoms with Crippen LogP contribution in [0.4, 0.5) is 0 Å². The summed E-state index contributed by atoms with van der Waals surface area (Å²) in [4.78, 5) is 0.0525. The summed E-state index contributed by atoms with van der Waals surface area (Å²) in [6.07, 6.45) is 0. The fourth-order valence-electron chi connectivity index (χ4n) is 3.08. The van der Waals surface area contributed by atoms with Gasteiger partial charge >= 0.3 is 0 Å². The Morgan fingerprint density at radius 2 is 1.40 bits per heavy atom. The Balaban J connectivity index is 2.19. The molecule has 1 atom stereocenters.